The van der Waals surface area contributed by atoms with E-state index in [2.05, 4.69) is 12.2 Å². The van der Waals surface area contributed by atoms with Crippen LogP contribution in [0.25, 0.3) is 5.69 Å². The van der Waals surface area contributed by atoms with Gasteiger partial charge in [0.1, 0.15) is 5.82 Å². The Morgan fingerprint density at radius 3 is 2.57 bits per heavy atom. The molecular formula is C20H18N4O3S. The number of nitrogens with one attached hydrogen (secondary N) is 1. The Balaban J connectivity index is 1.69. The summed E-state index contributed by atoms with van der Waals surface area (Å²) in [5, 5.41) is 18.5. The summed E-state index contributed by atoms with van der Waals surface area (Å²) in [5.41, 5.74) is 5.54. The first kappa shape index (κ1) is 18.2. The summed E-state index contributed by atoms with van der Waals surface area (Å²) in [6, 6.07) is 11.6. The molecule has 0 atom stereocenters. The first-order valence-corrected chi connectivity index (χ1v) is 9.91. The molecule has 0 spiro atoms. The summed E-state index contributed by atoms with van der Waals surface area (Å²) >= 11 is 1.76. The topological polar surface area (TPSA) is 90.1 Å². The van der Waals surface area contributed by atoms with Crippen molar-refractivity contribution in [1.29, 1.82) is 0 Å². The number of nitro groups is 1. The van der Waals surface area contributed by atoms with E-state index >= 15 is 0 Å². The van der Waals surface area contributed by atoms with Crippen LogP contribution in [0.15, 0.2) is 42.5 Å². The van der Waals surface area contributed by atoms with Crippen LogP contribution in [0.3, 0.4) is 0 Å². The van der Waals surface area contributed by atoms with Crippen molar-refractivity contribution in [2.24, 2.45) is 0 Å². The zero-order chi connectivity index (χ0) is 19.8. The van der Waals surface area contributed by atoms with Crippen molar-refractivity contribution in [3.63, 3.8) is 0 Å². The Bertz CT molecular complexity index is 1090. The average molecular weight is 394 g/mol. The monoisotopic (exact) mass is 394 g/mol. The van der Waals surface area contributed by atoms with Crippen molar-refractivity contribution in [2.75, 3.05) is 5.32 Å². The quantitative estimate of drug-likeness (QED) is 0.523. The molecule has 3 aromatic rings. The van der Waals surface area contributed by atoms with E-state index in [-0.39, 0.29) is 11.6 Å². The van der Waals surface area contributed by atoms with Crippen LogP contribution in [0.5, 0.6) is 0 Å². The van der Waals surface area contributed by atoms with Crippen LogP contribution >= 0.6 is 11.8 Å². The van der Waals surface area contributed by atoms with E-state index < -0.39 is 4.92 Å². The second-order valence-electron chi connectivity index (χ2n) is 6.71. The second-order valence-corrected chi connectivity index (χ2v) is 7.69. The van der Waals surface area contributed by atoms with Gasteiger partial charge in [-0.3, -0.25) is 14.9 Å². The lowest BCUT2D eigenvalue weighted by molar-refractivity contribution is -0.384. The van der Waals surface area contributed by atoms with Gasteiger partial charge in [-0.1, -0.05) is 6.07 Å². The summed E-state index contributed by atoms with van der Waals surface area (Å²) in [4.78, 5) is 23.1. The Hall–Kier alpha value is -3.13. The molecule has 0 saturated carbocycles. The molecule has 2 aromatic carbocycles. The summed E-state index contributed by atoms with van der Waals surface area (Å²) in [7, 11) is 0. The minimum absolute atomic E-state index is 0.0472. The Morgan fingerprint density at radius 2 is 1.89 bits per heavy atom. The first-order chi connectivity index (χ1) is 13.4. The summed E-state index contributed by atoms with van der Waals surface area (Å²) in [5.74, 6) is 1.94. The number of fused-ring (bicyclic) bond motifs is 1. The van der Waals surface area contributed by atoms with E-state index in [9.17, 15) is 14.9 Å². The van der Waals surface area contributed by atoms with Gasteiger partial charge in [0.15, 0.2) is 0 Å². The van der Waals surface area contributed by atoms with E-state index in [1.165, 1.54) is 29.8 Å². The highest BCUT2D eigenvalue weighted by atomic mass is 32.2. The number of benzene rings is 2. The fourth-order valence-corrected chi connectivity index (χ4v) is 4.13. The van der Waals surface area contributed by atoms with Gasteiger partial charge < -0.3 is 5.32 Å². The largest absolute Gasteiger partial charge is 0.306 e. The maximum absolute atomic E-state index is 12.8. The predicted octanol–water partition coefficient (Wildman–Crippen LogP) is 4.40. The van der Waals surface area contributed by atoms with Crippen LogP contribution in [0, 0.1) is 24.0 Å². The van der Waals surface area contributed by atoms with E-state index in [1.54, 1.807) is 16.4 Å². The molecule has 1 amide bonds. The number of aryl methyl sites for hydroxylation is 2. The van der Waals surface area contributed by atoms with E-state index in [0.29, 0.717) is 11.4 Å². The smallest absolute Gasteiger partial charge is 0.269 e. The van der Waals surface area contributed by atoms with Crippen molar-refractivity contribution in [3.8, 4) is 5.69 Å². The number of anilines is 1. The molecule has 7 nitrogen and oxygen atoms in total. The molecule has 4 rings (SSSR count). The molecule has 0 bridgehead atoms. The predicted molar refractivity (Wildman–Crippen MR) is 109 cm³/mol. The SMILES string of the molecule is Cc1ccc(-n2nc3c(c2NC(=O)c2ccc([N+](=O)[O-])cc2)CSC3)cc1C. The number of nitro benzene ring substituents is 1. The number of thioether (sulfide) groups is 1. The number of hydrogen-bond donors (Lipinski definition) is 1. The standard InChI is InChI=1S/C20H18N4O3S/c1-12-3-6-16(9-13(12)2)23-19(17-10-28-11-18(17)22-23)21-20(25)14-4-7-15(8-5-14)24(26)27/h3-9H,10-11H2,1-2H3,(H,21,25). The fraction of sp³-hybridized carbons (Fsp3) is 0.200. The maximum Gasteiger partial charge on any atom is 0.269 e. The number of carbonyl (C=O) groups is 1. The number of non-ortho nitro benzene ring substituents is 1. The van der Waals surface area contributed by atoms with Gasteiger partial charge in [-0.05, 0) is 49.2 Å². The normalized spacial score (nSPS) is 12.6. The average Bonchev–Trinajstić information content (AvgIpc) is 3.26. The van der Waals surface area contributed by atoms with Crippen LogP contribution in [-0.4, -0.2) is 20.6 Å². The molecule has 1 aromatic heterocycles. The van der Waals surface area contributed by atoms with Crippen LogP contribution < -0.4 is 5.32 Å². The van der Waals surface area contributed by atoms with Gasteiger partial charge in [0, 0.05) is 34.8 Å². The number of hydrogen-bond acceptors (Lipinski definition) is 5. The van der Waals surface area contributed by atoms with Crippen molar-refractivity contribution in [1.82, 2.24) is 9.78 Å². The van der Waals surface area contributed by atoms with E-state index in [0.717, 1.165) is 34.0 Å². The molecule has 2 heterocycles. The number of amides is 1. The van der Waals surface area contributed by atoms with Crippen molar-refractivity contribution in [3.05, 3.63) is 80.5 Å². The third-order valence-corrected chi connectivity index (χ3v) is 5.83. The van der Waals surface area contributed by atoms with E-state index in [1.807, 2.05) is 25.1 Å². The zero-order valence-electron chi connectivity index (χ0n) is 15.4. The number of nitrogens with zero attached hydrogens (tertiary/aromatic N) is 3. The zero-order valence-corrected chi connectivity index (χ0v) is 16.2. The minimum atomic E-state index is -0.486. The molecule has 142 valence electrons. The van der Waals surface area contributed by atoms with E-state index in [4.69, 9.17) is 5.10 Å². The van der Waals surface area contributed by atoms with Crippen LogP contribution in [-0.2, 0) is 11.5 Å². The Kier molecular flexibility index (Phi) is 4.64. The van der Waals surface area contributed by atoms with Gasteiger partial charge >= 0.3 is 0 Å². The van der Waals surface area contributed by atoms with Crippen molar-refractivity contribution >= 4 is 29.2 Å². The molecule has 0 saturated heterocycles. The second kappa shape index (κ2) is 7.12. The van der Waals surface area contributed by atoms with Gasteiger partial charge in [0.2, 0.25) is 0 Å². The molecule has 0 unspecified atom stereocenters. The van der Waals surface area contributed by atoms with Crippen molar-refractivity contribution in [2.45, 2.75) is 25.4 Å². The van der Waals surface area contributed by atoms with Gasteiger partial charge in [-0.25, -0.2) is 4.68 Å². The molecule has 0 radical (unpaired) electrons. The number of carbonyl (C=O) groups excluding carboxylic acids is 1. The number of aromatic nitrogens is 2. The highest BCUT2D eigenvalue weighted by Gasteiger charge is 2.25. The number of rotatable bonds is 4. The highest BCUT2D eigenvalue weighted by molar-refractivity contribution is 7.98. The van der Waals surface area contributed by atoms with Gasteiger partial charge in [0.05, 0.1) is 16.3 Å². The molecule has 28 heavy (non-hydrogen) atoms. The van der Waals surface area contributed by atoms with Crippen molar-refractivity contribution < 1.29 is 9.72 Å². The van der Waals surface area contributed by atoms with Gasteiger partial charge in [-0.2, -0.15) is 16.9 Å². The summed E-state index contributed by atoms with van der Waals surface area (Å²) in [6.45, 7) is 4.09. The summed E-state index contributed by atoms with van der Waals surface area (Å²) < 4.78 is 1.78. The maximum atomic E-state index is 12.8. The summed E-state index contributed by atoms with van der Waals surface area (Å²) in [6.07, 6.45) is 0. The lowest BCUT2D eigenvalue weighted by atomic mass is 10.1. The Morgan fingerprint density at radius 1 is 1.14 bits per heavy atom. The van der Waals surface area contributed by atoms with Gasteiger partial charge in [0.25, 0.3) is 11.6 Å². The molecule has 1 N–H and O–H groups in total. The highest BCUT2D eigenvalue weighted by Crippen LogP contribution is 2.36. The third kappa shape index (κ3) is 3.27. The van der Waals surface area contributed by atoms with Gasteiger partial charge in [-0.15, -0.1) is 0 Å². The lowest BCUT2D eigenvalue weighted by Crippen LogP contribution is -2.16. The molecule has 0 fully saturated rings. The molecule has 0 aliphatic carbocycles. The molecule has 1 aliphatic heterocycles. The fourth-order valence-electron chi connectivity index (χ4n) is 3.10. The third-order valence-electron chi connectivity index (χ3n) is 4.86. The van der Waals surface area contributed by atoms with Crippen LogP contribution in [0.4, 0.5) is 11.5 Å². The minimum Gasteiger partial charge on any atom is -0.306 e. The molecule has 8 heteroatoms. The lowest BCUT2D eigenvalue weighted by Gasteiger charge is -2.12. The molecular weight excluding hydrogens is 376 g/mol. The Labute approximate surface area is 165 Å². The molecule has 1 aliphatic rings. The van der Waals surface area contributed by atoms with Crippen LogP contribution in [0.1, 0.15) is 32.7 Å². The van der Waals surface area contributed by atoms with Crippen LogP contribution in [0.2, 0.25) is 0 Å². The first-order valence-electron chi connectivity index (χ1n) is 8.76.